The number of anilines is 2. The minimum Gasteiger partial charge on any atom is -0.494 e. The van der Waals surface area contributed by atoms with E-state index >= 15 is 0 Å². The second kappa shape index (κ2) is 30.2. The first-order valence-electron chi connectivity index (χ1n) is 28.7. The summed E-state index contributed by atoms with van der Waals surface area (Å²) in [6.45, 7) is 8.18. The van der Waals surface area contributed by atoms with Crippen LogP contribution in [0.15, 0.2) is 156 Å². The van der Waals surface area contributed by atoms with Crippen LogP contribution < -0.4 is 9.80 Å². The van der Waals surface area contributed by atoms with Gasteiger partial charge in [0.1, 0.15) is 0 Å². The highest BCUT2D eigenvalue weighted by molar-refractivity contribution is 6.23. The molecule has 2 atom stereocenters. The number of aromatic nitrogens is 2. The van der Waals surface area contributed by atoms with E-state index in [1.165, 1.54) is 14.2 Å². The van der Waals surface area contributed by atoms with Crippen molar-refractivity contribution in [2.75, 3.05) is 118 Å². The Morgan fingerprint density at radius 2 is 0.822 bits per heavy atom. The van der Waals surface area contributed by atoms with Crippen molar-refractivity contribution in [1.29, 1.82) is 0 Å². The van der Waals surface area contributed by atoms with E-state index in [2.05, 4.69) is 43.7 Å². The number of nitrogens with one attached hydrogen (secondary N) is 2. The van der Waals surface area contributed by atoms with Crippen molar-refractivity contribution in [3.8, 4) is 11.8 Å². The number of rotatable bonds is 17. The molecule has 0 radical (unpaired) electrons. The maximum absolute atomic E-state index is 12.9. The van der Waals surface area contributed by atoms with Gasteiger partial charge in [0, 0.05) is 111 Å². The molecule has 90 heavy (non-hydrogen) atoms. The largest absolute Gasteiger partial charge is 0.494 e. The number of aromatic hydroxyl groups is 2. The number of aliphatic hydroxyl groups excluding tert-OH is 2. The zero-order chi connectivity index (χ0) is 64.8. The number of aromatic amines is 2. The van der Waals surface area contributed by atoms with Gasteiger partial charge in [-0.05, 0) is 86.9 Å². The fraction of sp³-hybridized carbons (Fsp3) is 0.273. The van der Waals surface area contributed by atoms with Crippen molar-refractivity contribution < 1.29 is 68.9 Å². The molecular formula is C66H72N10O14. The van der Waals surface area contributed by atoms with Crippen LogP contribution in [0.1, 0.15) is 43.0 Å². The number of aliphatic carboxylic acids is 2. The summed E-state index contributed by atoms with van der Waals surface area (Å²) < 4.78 is 9.67. The van der Waals surface area contributed by atoms with Gasteiger partial charge in [-0.15, -0.1) is 0 Å². The number of H-pyrrole nitrogens is 2. The van der Waals surface area contributed by atoms with Crippen LogP contribution in [0, 0.1) is 0 Å². The molecule has 10 rings (SSSR count). The third-order valence-electron chi connectivity index (χ3n) is 15.4. The Morgan fingerprint density at radius 1 is 0.489 bits per heavy atom. The van der Waals surface area contributed by atoms with Crippen molar-refractivity contribution in [1.82, 2.24) is 29.6 Å². The predicted octanol–water partition coefficient (Wildman–Crippen LogP) is 5.96. The molecule has 24 heteroatoms. The van der Waals surface area contributed by atoms with Gasteiger partial charge < -0.3 is 69.7 Å². The zero-order valence-electron chi connectivity index (χ0n) is 50.6. The number of benzene rings is 6. The molecule has 2 unspecified atom stereocenters. The molecule has 0 spiro atoms. The second-order valence-electron chi connectivity index (χ2n) is 21.5. The highest BCUT2D eigenvalue weighted by atomic mass is 16.5. The van der Waals surface area contributed by atoms with Crippen LogP contribution in [0.3, 0.4) is 0 Å². The highest BCUT2D eigenvalue weighted by Gasteiger charge is 2.30. The number of carboxylic acids is 2. The number of hydrogen-bond acceptors (Lipinski definition) is 18. The molecule has 2 aromatic heterocycles. The fourth-order valence-corrected chi connectivity index (χ4v) is 9.98. The van der Waals surface area contributed by atoms with Crippen molar-refractivity contribution >= 4 is 91.7 Å². The number of carboxylic acid groups (broad SMARTS) is 2. The lowest BCUT2D eigenvalue weighted by Crippen LogP contribution is -2.48. The van der Waals surface area contributed by atoms with Crippen molar-refractivity contribution in [3.63, 3.8) is 0 Å². The van der Waals surface area contributed by atoms with Crippen LogP contribution in [0.25, 0.3) is 21.8 Å². The van der Waals surface area contributed by atoms with Crippen molar-refractivity contribution in [2.24, 2.45) is 9.98 Å². The molecule has 24 nitrogen and oxygen atoms in total. The minimum atomic E-state index is -2.27. The Hall–Kier alpha value is -10.1. The van der Waals surface area contributed by atoms with Crippen LogP contribution in [-0.2, 0) is 28.7 Å². The number of piperazine rings is 2. The Kier molecular flexibility index (Phi) is 22.1. The molecule has 470 valence electrons. The monoisotopic (exact) mass is 1230 g/mol. The van der Waals surface area contributed by atoms with E-state index in [0.717, 1.165) is 85.6 Å². The summed E-state index contributed by atoms with van der Waals surface area (Å²) in [5.74, 6) is -4.47. The number of ether oxygens (including phenoxy) is 2. The van der Waals surface area contributed by atoms with E-state index in [0.29, 0.717) is 69.2 Å². The molecule has 0 bridgehead atoms. The molecule has 4 heterocycles. The summed E-state index contributed by atoms with van der Waals surface area (Å²) in [6, 6.07) is 44.3. The van der Waals surface area contributed by atoms with E-state index in [-0.39, 0.29) is 23.6 Å². The van der Waals surface area contributed by atoms with E-state index in [1.54, 1.807) is 60.3 Å². The highest BCUT2D eigenvalue weighted by Crippen LogP contribution is 2.35. The van der Waals surface area contributed by atoms with Gasteiger partial charge >= 0.3 is 23.9 Å². The van der Waals surface area contributed by atoms with Gasteiger partial charge in [0.15, 0.2) is 24.0 Å². The number of carbonyl (C=O) groups excluding carboxylic acids is 4. The SMILES string of the molecule is COC(=O)c1ccc2c(C(=Nc3ccc(N(C)C(=O)CN4CCN(C)CC4)cc3)c3ccccc3)c(O)[nH]c2c1.COC(=O)c1ccc2c(C(=Nc3ccc(N(C)C(=O)CN4CCN(C)CC4)cc3)c3ccccc3)c(O)[nH]c2c1.O=C(O)C(O)C(O)C(=O)O. The number of aliphatic hydroxyl groups is 2. The topological polar surface area (TPSA) is 318 Å². The lowest BCUT2D eigenvalue weighted by molar-refractivity contribution is -0.165. The van der Waals surface area contributed by atoms with Crippen molar-refractivity contribution in [3.05, 3.63) is 179 Å². The van der Waals surface area contributed by atoms with Crippen LogP contribution in [0.4, 0.5) is 22.7 Å². The standard InChI is InChI=1S/2C31H33N5O4.C4H6O6/c2*1-34-15-17-36(18-16-34)20-27(37)35(2)24-12-10-23(11-13-24)32-29(21-7-5-4-6-8-21)28-25-14-9-22(31(39)40-3)19-26(25)33-30(28)38;5-1(3(7)8)2(6)4(9)10/h2*4-14,19,33,38H,15-18,20H2,1-3H3;1-2,5-6H,(H,7,8)(H,9,10). The summed E-state index contributed by atoms with van der Waals surface area (Å²) in [7, 11) is 10.4. The molecule has 2 aliphatic heterocycles. The third-order valence-corrected chi connectivity index (χ3v) is 15.4. The van der Waals surface area contributed by atoms with Crippen LogP contribution >= 0.6 is 0 Å². The number of amides is 2. The van der Waals surface area contributed by atoms with Gasteiger partial charge in [-0.3, -0.25) is 19.4 Å². The van der Waals surface area contributed by atoms with Gasteiger partial charge in [-0.25, -0.2) is 29.2 Å². The average Bonchev–Trinajstić information content (AvgIpc) is 1.71. The van der Waals surface area contributed by atoms with Crippen LogP contribution in [0.5, 0.6) is 11.8 Å². The Balaban J connectivity index is 0.000000202. The first-order chi connectivity index (χ1) is 43.1. The maximum atomic E-state index is 12.9. The predicted molar refractivity (Wildman–Crippen MR) is 341 cm³/mol. The smallest absolute Gasteiger partial charge is 0.337 e. The molecule has 6 aromatic carbocycles. The molecule has 0 aliphatic carbocycles. The quantitative estimate of drug-likeness (QED) is 0.0385. The van der Waals surface area contributed by atoms with E-state index in [1.807, 2.05) is 109 Å². The first kappa shape index (κ1) is 65.9. The maximum Gasteiger partial charge on any atom is 0.337 e. The summed E-state index contributed by atoms with van der Waals surface area (Å²) >= 11 is 0. The molecule has 8 N–H and O–H groups in total. The number of carbonyl (C=O) groups is 6. The summed E-state index contributed by atoms with van der Waals surface area (Å²) in [6.07, 6.45) is -4.53. The summed E-state index contributed by atoms with van der Waals surface area (Å²) in [4.78, 5) is 97.5. The van der Waals surface area contributed by atoms with E-state index in [4.69, 9.17) is 39.9 Å². The number of nitrogens with zero attached hydrogens (tertiary/aromatic N) is 8. The number of esters is 2. The molecule has 2 aliphatic rings. The van der Waals surface area contributed by atoms with Crippen LogP contribution in [0.2, 0.25) is 0 Å². The van der Waals surface area contributed by atoms with Gasteiger partial charge in [0.25, 0.3) is 0 Å². The van der Waals surface area contributed by atoms with Gasteiger partial charge in [0.05, 0.1) is 72.4 Å². The molecular weight excluding hydrogens is 1160 g/mol. The van der Waals surface area contributed by atoms with Gasteiger partial charge in [-0.1, -0.05) is 72.8 Å². The van der Waals surface area contributed by atoms with Gasteiger partial charge in [-0.2, -0.15) is 0 Å². The Morgan fingerprint density at radius 3 is 1.13 bits per heavy atom. The summed E-state index contributed by atoms with van der Waals surface area (Å²) in [5.41, 5.74) is 8.68. The lowest BCUT2D eigenvalue weighted by atomic mass is 10.00. The Labute approximate surface area is 518 Å². The van der Waals surface area contributed by atoms with Crippen LogP contribution in [-0.4, -0.2) is 227 Å². The molecule has 8 aromatic rings. The molecule has 2 fully saturated rings. The van der Waals surface area contributed by atoms with Crippen molar-refractivity contribution in [2.45, 2.75) is 12.2 Å². The third kappa shape index (κ3) is 16.4. The second-order valence-corrected chi connectivity index (χ2v) is 21.5. The number of fused-ring (bicyclic) bond motifs is 2. The molecule has 2 amide bonds. The fourth-order valence-electron chi connectivity index (χ4n) is 9.98. The number of hydrogen-bond donors (Lipinski definition) is 8. The summed E-state index contributed by atoms with van der Waals surface area (Å²) in [5, 5.41) is 55.9. The normalized spacial score (nSPS) is 14.9. The molecule has 2 saturated heterocycles. The number of aliphatic imine (C=N–C) groups is 2. The average molecular weight is 1230 g/mol. The minimum absolute atomic E-state index is 0.0424. The number of methoxy groups -OCH3 is 2. The molecule has 0 saturated carbocycles. The van der Waals surface area contributed by atoms with Gasteiger partial charge in [0.2, 0.25) is 11.8 Å². The Bertz CT molecular complexity index is 3640. The number of likely N-dealkylation sites (N-methyl/N-ethyl adjacent to an activating group) is 4. The van der Waals surface area contributed by atoms with E-state index in [9.17, 15) is 39.0 Å². The zero-order valence-corrected chi connectivity index (χ0v) is 50.6. The lowest BCUT2D eigenvalue weighted by Gasteiger charge is -2.32. The van der Waals surface area contributed by atoms with E-state index < -0.39 is 36.1 Å². The first-order valence-corrected chi connectivity index (χ1v) is 28.7.